The lowest BCUT2D eigenvalue weighted by atomic mass is 10.2. The van der Waals surface area contributed by atoms with Gasteiger partial charge in [0.25, 0.3) is 5.95 Å². The zero-order chi connectivity index (χ0) is 14.5. The average molecular weight is 313 g/mol. The summed E-state index contributed by atoms with van der Waals surface area (Å²) in [5.41, 5.74) is 3.44. The summed E-state index contributed by atoms with van der Waals surface area (Å²) >= 11 is 0. The number of nitrogens with two attached hydrogens (primary N) is 1. The van der Waals surface area contributed by atoms with Crippen LogP contribution in [0.25, 0.3) is 0 Å². The number of nitrogens with one attached hydrogen (secondary N) is 1. The average Bonchev–Trinajstić information content (AvgIpc) is 2.75. The van der Waals surface area contributed by atoms with Crippen molar-refractivity contribution in [1.82, 2.24) is 14.9 Å². The molecule has 0 aliphatic carbocycles. The molecule has 21 heavy (non-hydrogen) atoms. The van der Waals surface area contributed by atoms with Crippen LogP contribution in [0, 0.1) is 6.92 Å². The molecule has 0 aliphatic heterocycles. The van der Waals surface area contributed by atoms with E-state index in [1.54, 1.807) is 31.3 Å². The second-order valence-corrected chi connectivity index (χ2v) is 3.97. The van der Waals surface area contributed by atoms with Crippen LogP contribution in [0.3, 0.4) is 0 Å². The molecule has 1 heterocycles. The first-order valence-corrected chi connectivity index (χ1v) is 6.03. The Morgan fingerprint density at radius 3 is 2.86 bits per heavy atom. The van der Waals surface area contributed by atoms with Crippen LogP contribution in [0.2, 0.25) is 0 Å². The fourth-order valence-electron chi connectivity index (χ4n) is 1.49. The third-order valence-electron chi connectivity index (χ3n) is 2.53. The molecule has 8 nitrogen and oxygen atoms in total. The minimum absolute atomic E-state index is 0. The van der Waals surface area contributed by atoms with Gasteiger partial charge in [-0.1, -0.05) is 0 Å². The number of nitrogens with zero attached hydrogens (tertiary/aromatic N) is 4. The Bertz CT molecular complexity index is 628. The first kappa shape index (κ1) is 16.6. The highest BCUT2D eigenvalue weighted by molar-refractivity contribution is 5.85. The number of rotatable bonds is 5. The molecule has 0 amide bonds. The van der Waals surface area contributed by atoms with E-state index in [-0.39, 0.29) is 18.2 Å². The maximum atomic E-state index is 9.59. The highest BCUT2D eigenvalue weighted by atomic mass is 35.5. The molecule has 0 fully saturated rings. The Hall–Kier alpha value is -2.48. The normalized spacial score (nSPS) is 10.4. The van der Waals surface area contributed by atoms with Crippen molar-refractivity contribution in [1.29, 1.82) is 0 Å². The van der Waals surface area contributed by atoms with Crippen molar-refractivity contribution in [2.75, 3.05) is 17.9 Å². The predicted octanol–water partition coefficient (Wildman–Crippen LogP) is 1.27. The molecule has 0 spiro atoms. The van der Waals surface area contributed by atoms with Gasteiger partial charge in [-0.25, -0.2) is 10.1 Å². The Balaban J connectivity index is 0.00000220. The SMILES string of the molecule is CCOc1cc(/C=N/Nc2nnc(C)n2N)ccc1O.Cl. The third kappa shape index (κ3) is 3.99. The van der Waals surface area contributed by atoms with Crippen molar-refractivity contribution < 1.29 is 9.84 Å². The molecule has 0 radical (unpaired) electrons. The standard InChI is InChI=1S/C12H16N6O2.ClH/c1-3-20-11-6-9(4-5-10(11)19)7-14-16-12-17-15-8(2)18(12)13;/h4-7,19H,3,13H2,1-2H3,(H,16,17);1H/b14-7+;. The smallest absolute Gasteiger partial charge is 0.263 e. The summed E-state index contributed by atoms with van der Waals surface area (Å²) in [6.07, 6.45) is 1.56. The van der Waals surface area contributed by atoms with Crippen LogP contribution in [0.15, 0.2) is 23.3 Å². The van der Waals surface area contributed by atoms with Gasteiger partial charge in [-0.2, -0.15) is 5.10 Å². The van der Waals surface area contributed by atoms with Gasteiger partial charge in [0.15, 0.2) is 17.3 Å². The van der Waals surface area contributed by atoms with Gasteiger partial charge in [-0.15, -0.1) is 22.6 Å². The molecule has 0 bridgehead atoms. The first-order valence-electron chi connectivity index (χ1n) is 6.03. The number of aromatic nitrogens is 3. The Morgan fingerprint density at radius 1 is 1.48 bits per heavy atom. The van der Waals surface area contributed by atoms with Crippen molar-refractivity contribution in [3.8, 4) is 11.5 Å². The number of ether oxygens (including phenoxy) is 1. The van der Waals surface area contributed by atoms with E-state index in [0.717, 1.165) is 5.56 Å². The zero-order valence-electron chi connectivity index (χ0n) is 11.6. The number of nitrogen functional groups attached to an aromatic ring is 1. The molecule has 2 aromatic rings. The summed E-state index contributed by atoms with van der Waals surface area (Å²) in [5, 5.41) is 21.2. The first-order chi connectivity index (χ1) is 9.61. The Kier molecular flexibility index (Phi) is 5.79. The number of phenolic OH excluding ortho intramolecular Hbond substituents is 1. The number of benzene rings is 1. The Labute approximate surface area is 128 Å². The van der Waals surface area contributed by atoms with E-state index in [2.05, 4.69) is 20.7 Å². The molecule has 0 saturated heterocycles. The van der Waals surface area contributed by atoms with Gasteiger partial charge in [0, 0.05) is 0 Å². The number of phenols is 1. The van der Waals surface area contributed by atoms with Crippen molar-refractivity contribution in [3.05, 3.63) is 29.6 Å². The van der Waals surface area contributed by atoms with Crippen LogP contribution in [0.4, 0.5) is 5.95 Å². The number of hydrazone groups is 1. The number of halogens is 1. The molecule has 114 valence electrons. The summed E-state index contributed by atoms with van der Waals surface area (Å²) in [5.74, 6) is 7.08. The van der Waals surface area contributed by atoms with E-state index < -0.39 is 0 Å². The topological polar surface area (TPSA) is 111 Å². The van der Waals surface area contributed by atoms with Gasteiger partial charge in [-0.3, -0.25) is 0 Å². The fourth-order valence-corrected chi connectivity index (χ4v) is 1.49. The predicted molar refractivity (Wildman–Crippen MR) is 82.6 cm³/mol. The zero-order valence-corrected chi connectivity index (χ0v) is 12.5. The maximum absolute atomic E-state index is 9.59. The highest BCUT2D eigenvalue weighted by Crippen LogP contribution is 2.26. The lowest BCUT2D eigenvalue weighted by Gasteiger charge is -2.06. The molecule has 1 aromatic carbocycles. The van der Waals surface area contributed by atoms with E-state index in [0.29, 0.717) is 24.1 Å². The largest absolute Gasteiger partial charge is 0.504 e. The fraction of sp³-hybridized carbons (Fsp3) is 0.250. The molecule has 0 aliphatic rings. The van der Waals surface area contributed by atoms with Crippen molar-refractivity contribution >= 4 is 24.6 Å². The van der Waals surface area contributed by atoms with Crippen molar-refractivity contribution in [3.63, 3.8) is 0 Å². The molecule has 0 unspecified atom stereocenters. The van der Waals surface area contributed by atoms with Crippen LogP contribution in [-0.4, -0.2) is 32.8 Å². The third-order valence-corrected chi connectivity index (χ3v) is 2.53. The van der Waals surface area contributed by atoms with Crippen molar-refractivity contribution in [2.24, 2.45) is 5.10 Å². The molecular weight excluding hydrogens is 296 g/mol. The number of anilines is 1. The Morgan fingerprint density at radius 2 is 2.24 bits per heavy atom. The summed E-state index contributed by atoms with van der Waals surface area (Å²) in [6.45, 7) is 4.05. The molecular formula is C12H17ClN6O2. The molecule has 2 rings (SSSR count). The van der Waals surface area contributed by atoms with E-state index in [1.165, 1.54) is 4.68 Å². The second-order valence-electron chi connectivity index (χ2n) is 3.97. The molecule has 0 saturated carbocycles. The van der Waals surface area contributed by atoms with Crippen LogP contribution in [-0.2, 0) is 0 Å². The molecule has 9 heteroatoms. The summed E-state index contributed by atoms with van der Waals surface area (Å²) in [7, 11) is 0. The van der Waals surface area contributed by atoms with Gasteiger partial charge in [0.05, 0.1) is 12.8 Å². The minimum atomic E-state index is 0. The number of hydrogen-bond acceptors (Lipinski definition) is 7. The maximum Gasteiger partial charge on any atom is 0.263 e. The summed E-state index contributed by atoms with van der Waals surface area (Å²) < 4.78 is 6.58. The van der Waals surface area contributed by atoms with Gasteiger partial charge in [-0.05, 0) is 37.6 Å². The van der Waals surface area contributed by atoms with E-state index in [9.17, 15) is 5.11 Å². The second kappa shape index (κ2) is 7.34. The molecule has 1 aromatic heterocycles. The van der Waals surface area contributed by atoms with Gasteiger partial charge in [0.2, 0.25) is 0 Å². The van der Waals surface area contributed by atoms with Crippen molar-refractivity contribution in [2.45, 2.75) is 13.8 Å². The number of aromatic hydroxyl groups is 1. The van der Waals surface area contributed by atoms with Gasteiger partial charge in [0.1, 0.15) is 0 Å². The van der Waals surface area contributed by atoms with Crippen LogP contribution in [0.5, 0.6) is 11.5 Å². The van der Waals surface area contributed by atoms with E-state index in [4.69, 9.17) is 10.6 Å². The number of aryl methyl sites for hydroxylation is 1. The lowest BCUT2D eigenvalue weighted by Crippen LogP contribution is -2.13. The van der Waals surface area contributed by atoms with E-state index >= 15 is 0 Å². The quantitative estimate of drug-likeness (QED) is 0.435. The molecule has 4 N–H and O–H groups in total. The van der Waals surface area contributed by atoms with Crippen LogP contribution >= 0.6 is 12.4 Å². The van der Waals surface area contributed by atoms with Gasteiger partial charge < -0.3 is 15.7 Å². The minimum Gasteiger partial charge on any atom is -0.504 e. The molecule has 0 atom stereocenters. The summed E-state index contributed by atoms with van der Waals surface area (Å²) in [4.78, 5) is 0. The lowest BCUT2D eigenvalue weighted by molar-refractivity contribution is 0.318. The van der Waals surface area contributed by atoms with Crippen LogP contribution in [0.1, 0.15) is 18.3 Å². The monoisotopic (exact) mass is 312 g/mol. The van der Waals surface area contributed by atoms with Crippen LogP contribution < -0.4 is 16.0 Å². The van der Waals surface area contributed by atoms with E-state index in [1.807, 2.05) is 6.92 Å². The van der Waals surface area contributed by atoms with Gasteiger partial charge >= 0.3 is 0 Å². The number of hydrogen-bond donors (Lipinski definition) is 3. The summed E-state index contributed by atoms with van der Waals surface area (Å²) in [6, 6.07) is 4.94. The highest BCUT2D eigenvalue weighted by Gasteiger charge is 2.04.